The third-order valence-corrected chi connectivity index (χ3v) is 2.91. The fraction of sp³-hybridized carbons (Fsp3) is 0.286. The number of rotatable bonds is 6. The van der Waals surface area contributed by atoms with Crippen LogP contribution in [0.2, 0.25) is 0 Å². The summed E-state index contributed by atoms with van der Waals surface area (Å²) in [6.45, 7) is 0.553. The predicted octanol–water partition coefficient (Wildman–Crippen LogP) is 0.462. The van der Waals surface area contributed by atoms with Gasteiger partial charge in [0.05, 0.1) is 11.9 Å². The van der Waals surface area contributed by atoms with Crippen molar-refractivity contribution in [3.05, 3.63) is 48.3 Å². The Labute approximate surface area is 117 Å². The number of hydrogen-bond donors (Lipinski definition) is 2. The van der Waals surface area contributed by atoms with E-state index in [1.54, 1.807) is 10.9 Å². The van der Waals surface area contributed by atoms with Gasteiger partial charge in [-0.3, -0.25) is 4.79 Å². The molecular weight excluding hydrogens is 256 g/mol. The number of para-hydroxylation sites is 1. The van der Waals surface area contributed by atoms with Gasteiger partial charge in [0.15, 0.2) is 0 Å². The molecule has 0 radical (unpaired) electrons. The number of nitrogens with zero attached hydrogens (tertiary/aromatic N) is 2. The van der Waals surface area contributed by atoms with Crippen LogP contribution in [-0.2, 0) is 16.1 Å². The lowest BCUT2D eigenvalue weighted by Gasteiger charge is -2.12. The van der Waals surface area contributed by atoms with Crippen LogP contribution in [0.25, 0.3) is 5.69 Å². The molecular formula is C14H18N4O2. The van der Waals surface area contributed by atoms with Gasteiger partial charge in [0.1, 0.15) is 6.10 Å². The average molecular weight is 274 g/mol. The smallest absolute Gasteiger partial charge is 0.250 e. The first kappa shape index (κ1) is 14.2. The summed E-state index contributed by atoms with van der Waals surface area (Å²) in [6, 6.07) is 9.77. The molecule has 1 heterocycles. The van der Waals surface area contributed by atoms with Gasteiger partial charge >= 0.3 is 0 Å². The van der Waals surface area contributed by atoms with Crippen molar-refractivity contribution in [2.75, 3.05) is 13.7 Å². The quantitative estimate of drug-likeness (QED) is 0.802. The van der Waals surface area contributed by atoms with Gasteiger partial charge in [-0.1, -0.05) is 18.2 Å². The number of carbonyl (C=O) groups is 1. The van der Waals surface area contributed by atoms with Crippen LogP contribution < -0.4 is 11.1 Å². The molecule has 0 saturated carbocycles. The Morgan fingerprint density at radius 1 is 1.45 bits per heavy atom. The number of benzene rings is 1. The van der Waals surface area contributed by atoms with Gasteiger partial charge in [-0.15, -0.1) is 0 Å². The summed E-state index contributed by atoms with van der Waals surface area (Å²) in [7, 11) is 1.46. The summed E-state index contributed by atoms with van der Waals surface area (Å²) in [6.07, 6.45) is 2.98. The van der Waals surface area contributed by atoms with Crippen LogP contribution in [0.4, 0.5) is 0 Å². The van der Waals surface area contributed by atoms with E-state index in [-0.39, 0.29) is 12.5 Å². The lowest BCUT2D eigenvalue weighted by atomic mass is 10.3. The topological polar surface area (TPSA) is 82.2 Å². The second kappa shape index (κ2) is 6.83. The van der Waals surface area contributed by atoms with Crippen molar-refractivity contribution in [2.45, 2.75) is 12.6 Å². The van der Waals surface area contributed by atoms with Gasteiger partial charge < -0.3 is 15.8 Å². The molecule has 2 aromatic rings. The minimum atomic E-state index is -0.612. The van der Waals surface area contributed by atoms with Crippen LogP contribution in [0.1, 0.15) is 5.56 Å². The van der Waals surface area contributed by atoms with Gasteiger partial charge in [0, 0.05) is 32.0 Å². The molecule has 106 valence electrons. The van der Waals surface area contributed by atoms with Gasteiger partial charge in [0.2, 0.25) is 0 Å². The molecule has 1 aromatic heterocycles. The van der Waals surface area contributed by atoms with E-state index in [0.717, 1.165) is 11.3 Å². The highest BCUT2D eigenvalue weighted by Gasteiger charge is 2.15. The van der Waals surface area contributed by atoms with Gasteiger partial charge in [-0.25, -0.2) is 4.68 Å². The Morgan fingerprint density at radius 3 is 2.85 bits per heavy atom. The molecule has 0 aliphatic rings. The van der Waals surface area contributed by atoms with Crippen LogP contribution in [0, 0.1) is 0 Å². The number of hydrogen-bond acceptors (Lipinski definition) is 4. The number of carbonyl (C=O) groups excluding carboxylic acids is 1. The van der Waals surface area contributed by atoms with Gasteiger partial charge in [-0.05, 0) is 12.1 Å². The van der Waals surface area contributed by atoms with Crippen molar-refractivity contribution >= 4 is 5.91 Å². The van der Waals surface area contributed by atoms with E-state index >= 15 is 0 Å². The molecule has 3 N–H and O–H groups in total. The highest BCUT2D eigenvalue weighted by Crippen LogP contribution is 2.07. The molecule has 0 saturated heterocycles. The maximum absolute atomic E-state index is 11.7. The first-order valence-corrected chi connectivity index (χ1v) is 6.34. The van der Waals surface area contributed by atoms with E-state index in [2.05, 4.69) is 10.4 Å². The normalized spacial score (nSPS) is 12.1. The standard InChI is InChI=1S/C14H18N4O2/c1-20-13(7-15)14(19)16-8-11-9-17-18(10-11)12-5-3-2-4-6-12/h2-6,9-10,13H,7-8,15H2,1H3,(H,16,19). The van der Waals surface area contributed by atoms with Crippen LogP contribution in [0.3, 0.4) is 0 Å². The summed E-state index contributed by atoms with van der Waals surface area (Å²) >= 11 is 0. The SMILES string of the molecule is COC(CN)C(=O)NCc1cnn(-c2ccccc2)c1. The van der Waals surface area contributed by atoms with E-state index in [1.807, 2.05) is 36.5 Å². The molecule has 1 amide bonds. The largest absolute Gasteiger partial charge is 0.370 e. The number of ether oxygens (including phenoxy) is 1. The molecule has 0 fully saturated rings. The van der Waals surface area contributed by atoms with Crippen molar-refractivity contribution in [1.29, 1.82) is 0 Å². The molecule has 0 aliphatic heterocycles. The Hall–Kier alpha value is -2.18. The lowest BCUT2D eigenvalue weighted by molar-refractivity contribution is -0.130. The second-order valence-corrected chi connectivity index (χ2v) is 4.31. The highest BCUT2D eigenvalue weighted by molar-refractivity contribution is 5.80. The molecule has 2 rings (SSSR count). The van der Waals surface area contributed by atoms with Crippen molar-refractivity contribution in [3.63, 3.8) is 0 Å². The molecule has 1 aromatic carbocycles. The first-order valence-electron chi connectivity index (χ1n) is 6.34. The summed E-state index contributed by atoms with van der Waals surface area (Å²) in [4.78, 5) is 11.7. The van der Waals surface area contributed by atoms with E-state index in [9.17, 15) is 4.79 Å². The zero-order valence-corrected chi connectivity index (χ0v) is 11.3. The number of nitrogens with two attached hydrogens (primary N) is 1. The predicted molar refractivity (Wildman–Crippen MR) is 75.3 cm³/mol. The zero-order chi connectivity index (χ0) is 14.4. The molecule has 6 heteroatoms. The van der Waals surface area contributed by atoms with Crippen molar-refractivity contribution in [3.8, 4) is 5.69 Å². The fourth-order valence-electron chi connectivity index (χ4n) is 1.79. The summed E-state index contributed by atoms with van der Waals surface area (Å²) in [5.41, 5.74) is 7.32. The molecule has 20 heavy (non-hydrogen) atoms. The molecule has 0 spiro atoms. The third kappa shape index (κ3) is 3.43. The van der Waals surface area contributed by atoms with Crippen molar-refractivity contribution in [2.24, 2.45) is 5.73 Å². The summed E-state index contributed by atoms with van der Waals surface area (Å²) in [5, 5.41) is 7.03. The van der Waals surface area contributed by atoms with Crippen LogP contribution in [0.5, 0.6) is 0 Å². The van der Waals surface area contributed by atoms with E-state index in [4.69, 9.17) is 10.5 Å². The van der Waals surface area contributed by atoms with Gasteiger partial charge in [0.25, 0.3) is 5.91 Å². The number of methoxy groups -OCH3 is 1. The minimum absolute atomic E-state index is 0.158. The molecule has 0 aliphatic carbocycles. The van der Waals surface area contributed by atoms with E-state index in [1.165, 1.54) is 7.11 Å². The Kier molecular flexibility index (Phi) is 4.86. The average Bonchev–Trinajstić information content (AvgIpc) is 2.96. The molecule has 1 atom stereocenters. The van der Waals surface area contributed by atoms with Crippen molar-refractivity contribution < 1.29 is 9.53 Å². The second-order valence-electron chi connectivity index (χ2n) is 4.31. The van der Waals surface area contributed by atoms with Crippen molar-refractivity contribution in [1.82, 2.24) is 15.1 Å². The Bertz CT molecular complexity index is 549. The maximum Gasteiger partial charge on any atom is 0.250 e. The maximum atomic E-state index is 11.7. The van der Waals surface area contributed by atoms with Gasteiger partial charge in [-0.2, -0.15) is 5.10 Å². The van der Waals surface area contributed by atoms with E-state index in [0.29, 0.717) is 6.54 Å². The van der Waals surface area contributed by atoms with Crippen LogP contribution in [-0.4, -0.2) is 35.4 Å². The van der Waals surface area contributed by atoms with E-state index < -0.39 is 6.10 Å². The lowest BCUT2D eigenvalue weighted by Crippen LogP contribution is -2.40. The Morgan fingerprint density at radius 2 is 2.20 bits per heavy atom. The van der Waals surface area contributed by atoms with Crippen LogP contribution >= 0.6 is 0 Å². The third-order valence-electron chi connectivity index (χ3n) is 2.91. The zero-order valence-electron chi connectivity index (χ0n) is 11.3. The molecule has 0 bridgehead atoms. The minimum Gasteiger partial charge on any atom is -0.370 e. The Balaban J connectivity index is 1.95. The monoisotopic (exact) mass is 274 g/mol. The highest BCUT2D eigenvalue weighted by atomic mass is 16.5. The first-order chi connectivity index (χ1) is 9.74. The number of nitrogens with one attached hydrogen (secondary N) is 1. The molecule has 1 unspecified atom stereocenters. The molecule has 6 nitrogen and oxygen atoms in total. The van der Waals surface area contributed by atoms with Crippen LogP contribution in [0.15, 0.2) is 42.7 Å². The summed E-state index contributed by atoms with van der Waals surface area (Å²) < 4.78 is 6.73. The fourth-order valence-corrected chi connectivity index (χ4v) is 1.79. The number of amides is 1. The number of aromatic nitrogens is 2. The summed E-state index contributed by atoms with van der Waals surface area (Å²) in [5.74, 6) is -0.220.